The number of amides is 1. The second-order valence-corrected chi connectivity index (χ2v) is 7.95. The van der Waals surface area contributed by atoms with Crippen LogP contribution in [-0.2, 0) is 9.53 Å². The molecule has 1 saturated carbocycles. The summed E-state index contributed by atoms with van der Waals surface area (Å²) in [5.74, 6) is 0.972. The summed E-state index contributed by atoms with van der Waals surface area (Å²) in [5.41, 5.74) is 0.612. The van der Waals surface area contributed by atoms with E-state index < -0.39 is 0 Å². The van der Waals surface area contributed by atoms with Crippen LogP contribution in [0.4, 0.5) is 5.00 Å². The number of anilines is 1. The van der Waals surface area contributed by atoms with E-state index in [9.17, 15) is 10.1 Å². The molecule has 5 nitrogen and oxygen atoms in total. The van der Waals surface area contributed by atoms with Gasteiger partial charge in [-0.05, 0) is 49.5 Å². The molecular weight excluding hydrogens is 322 g/mol. The minimum Gasteiger partial charge on any atom is -0.378 e. The average molecular weight is 345 g/mol. The summed E-state index contributed by atoms with van der Waals surface area (Å²) in [7, 11) is 0. The molecule has 1 atom stereocenters. The average Bonchev–Trinajstić information content (AvgIpc) is 3.19. The molecule has 2 aliphatic heterocycles. The maximum Gasteiger partial charge on any atom is 0.245 e. The first-order chi connectivity index (χ1) is 11.8. The first-order valence-corrected chi connectivity index (χ1v) is 9.79. The van der Waals surface area contributed by atoms with Gasteiger partial charge in [0.15, 0.2) is 0 Å². The molecule has 0 aromatic carbocycles. The Labute approximate surface area is 146 Å². The van der Waals surface area contributed by atoms with E-state index in [0.717, 1.165) is 56.4 Å². The lowest BCUT2D eigenvalue weighted by molar-refractivity contribution is -0.122. The number of hydrogen-bond donors (Lipinski definition) is 0. The Hall–Kier alpha value is -1.42. The summed E-state index contributed by atoms with van der Waals surface area (Å²) in [6, 6.07) is 3.96. The first kappa shape index (κ1) is 16.1. The van der Waals surface area contributed by atoms with Gasteiger partial charge in [0, 0.05) is 26.2 Å². The summed E-state index contributed by atoms with van der Waals surface area (Å²) in [6.45, 7) is 3.52. The number of hydrogen-bond acceptors (Lipinski definition) is 5. The van der Waals surface area contributed by atoms with Crippen LogP contribution in [0.2, 0.25) is 0 Å². The van der Waals surface area contributed by atoms with E-state index in [1.807, 2.05) is 10.3 Å². The predicted molar refractivity (Wildman–Crippen MR) is 93.1 cm³/mol. The Morgan fingerprint density at radius 1 is 1.21 bits per heavy atom. The second-order valence-electron chi connectivity index (χ2n) is 7.06. The number of thiophene rings is 1. The largest absolute Gasteiger partial charge is 0.378 e. The van der Waals surface area contributed by atoms with Crippen molar-refractivity contribution in [3.63, 3.8) is 0 Å². The molecule has 3 aliphatic rings. The van der Waals surface area contributed by atoms with Gasteiger partial charge in [-0.15, -0.1) is 11.3 Å². The van der Waals surface area contributed by atoms with Crippen molar-refractivity contribution in [2.75, 3.05) is 31.1 Å². The summed E-state index contributed by atoms with van der Waals surface area (Å²) in [5, 5.41) is 11.9. The van der Waals surface area contributed by atoms with Crippen molar-refractivity contribution < 1.29 is 9.53 Å². The third-order valence-electron chi connectivity index (χ3n) is 5.37. The fourth-order valence-electron chi connectivity index (χ4n) is 3.71. The smallest absolute Gasteiger partial charge is 0.245 e. The fraction of sp³-hybridized carbons (Fsp3) is 0.667. The molecule has 1 unspecified atom stereocenters. The van der Waals surface area contributed by atoms with E-state index in [-0.39, 0.29) is 11.9 Å². The lowest BCUT2D eigenvalue weighted by atomic mass is 10.0. The van der Waals surface area contributed by atoms with E-state index in [0.29, 0.717) is 11.7 Å². The van der Waals surface area contributed by atoms with Crippen LogP contribution >= 0.6 is 11.3 Å². The SMILES string of the molecule is N#Cc1ccsc1N1CCC(N2CCC(OCC3CC3)CC2)C1=O. The van der Waals surface area contributed by atoms with Crippen LogP contribution in [-0.4, -0.2) is 49.2 Å². The zero-order valence-corrected chi connectivity index (χ0v) is 14.6. The predicted octanol–water partition coefficient (Wildman–Crippen LogP) is 2.62. The fourth-order valence-corrected chi connectivity index (χ4v) is 4.59. The van der Waals surface area contributed by atoms with E-state index in [1.165, 1.54) is 24.2 Å². The molecule has 0 N–H and O–H groups in total. The Morgan fingerprint density at radius 3 is 2.71 bits per heavy atom. The summed E-state index contributed by atoms with van der Waals surface area (Å²) in [4.78, 5) is 17.0. The topological polar surface area (TPSA) is 56.6 Å². The molecule has 1 aromatic heterocycles. The van der Waals surface area contributed by atoms with Gasteiger partial charge in [-0.3, -0.25) is 9.69 Å². The van der Waals surface area contributed by atoms with Gasteiger partial charge in [0.1, 0.15) is 11.1 Å². The third-order valence-corrected chi connectivity index (χ3v) is 6.31. The summed E-state index contributed by atoms with van der Waals surface area (Å²) >= 11 is 1.48. The maximum absolute atomic E-state index is 12.8. The lowest BCUT2D eigenvalue weighted by Crippen LogP contribution is -2.47. The van der Waals surface area contributed by atoms with Gasteiger partial charge >= 0.3 is 0 Å². The van der Waals surface area contributed by atoms with Crippen molar-refractivity contribution >= 4 is 22.2 Å². The van der Waals surface area contributed by atoms with Gasteiger partial charge < -0.3 is 9.64 Å². The molecule has 4 rings (SSSR count). The van der Waals surface area contributed by atoms with Gasteiger partial charge in [-0.1, -0.05) is 0 Å². The monoisotopic (exact) mass is 345 g/mol. The molecular formula is C18H23N3O2S. The Bertz CT molecular complexity index is 641. The molecule has 1 aromatic rings. The molecule has 0 bridgehead atoms. The molecule has 3 fully saturated rings. The number of carbonyl (C=O) groups excluding carboxylic acids is 1. The minimum absolute atomic E-state index is 0.0250. The van der Waals surface area contributed by atoms with Crippen LogP contribution in [0.3, 0.4) is 0 Å². The van der Waals surface area contributed by atoms with Crippen LogP contribution in [0.5, 0.6) is 0 Å². The molecule has 0 radical (unpaired) electrons. The first-order valence-electron chi connectivity index (χ1n) is 8.91. The number of ether oxygens (including phenoxy) is 1. The second kappa shape index (κ2) is 6.83. The van der Waals surface area contributed by atoms with Crippen molar-refractivity contribution in [3.05, 3.63) is 17.0 Å². The van der Waals surface area contributed by atoms with Crippen molar-refractivity contribution in [3.8, 4) is 6.07 Å². The number of piperidine rings is 1. The molecule has 0 spiro atoms. The lowest BCUT2D eigenvalue weighted by Gasteiger charge is -2.35. The number of nitrogens with zero attached hydrogens (tertiary/aromatic N) is 3. The highest BCUT2D eigenvalue weighted by Crippen LogP contribution is 2.33. The van der Waals surface area contributed by atoms with Gasteiger partial charge in [0.2, 0.25) is 5.91 Å². The minimum atomic E-state index is -0.0250. The highest BCUT2D eigenvalue weighted by molar-refractivity contribution is 7.14. The van der Waals surface area contributed by atoms with Gasteiger partial charge in [-0.25, -0.2) is 0 Å². The van der Waals surface area contributed by atoms with E-state index in [4.69, 9.17) is 4.74 Å². The molecule has 1 amide bonds. The standard InChI is InChI=1S/C18H23N3O2S/c19-11-14-6-10-24-18(14)21-9-5-16(17(21)22)20-7-3-15(4-8-20)23-12-13-1-2-13/h6,10,13,15-16H,1-5,7-9,12H2. The molecule has 24 heavy (non-hydrogen) atoms. The van der Waals surface area contributed by atoms with E-state index >= 15 is 0 Å². The van der Waals surface area contributed by atoms with Gasteiger partial charge in [0.05, 0.1) is 17.7 Å². The quantitative estimate of drug-likeness (QED) is 0.823. The van der Waals surface area contributed by atoms with Crippen LogP contribution in [0.25, 0.3) is 0 Å². The zero-order valence-electron chi connectivity index (χ0n) is 13.8. The van der Waals surface area contributed by atoms with Crippen molar-refractivity contribution in [2.24, 2.45) is 5.92 Å². The van der Waals surface area contributed by atoms with E-state index in [1.54, 1.807) is 6.07 Å². The van der Waals surface area contributed by atoms with Gasteiger partial charge in [0.25, 0.3) is 0 Å². The summed E-state index contributed by atoms with van der Waals surface area (Å²) in [6.07, 6.45) is 5.95. The zero-order chi connectivity index (χ0) is 16.5. The number of carbonyl (C=O) groups is 1. The Kier molecular flexibility index (Phi) is 4.57. The van der Waals surface area contributed by atoms with Crippen LogP contribution < -0.4 is 4.90 Å². The van der Waals surface area contributed by atoms with E-state index in [2.05, 4.69) is 11.0 Å². The van der Waals surface area contributed by atoms with Crippen LogP contribution in [0.15, 0.2) is 11.4 Å². The molecule has 128 valence electrons. The number of likely N-dealkylation sites (tertiary alicyclic amines) is 1. The summed E-state index contributed by atoms with van der Waals surface area (Å²) < 4.78 is 6.00. The Balaban J connectivity index is 1.33. The third kappa shape index (κ3) is 3.21. The van der Waals surface area contributed by atoms with Gasteiger partial charge in [-0.2, -0.15) is 5.26 Å². The number of rotatable bonds is 5. The number of nitriles is 1. The van der Waals surface area contributed by atoms with Crippen molar-refractivity contribution in [2.45, 2.75) is 44.2 Å². The highest BCUT2D eigenvalue weighted by atomic mass is 32.1. The Morgan fingerprint density at radius 2 is 2.00 bits per heavy atom. The molecule has 1 aliphatic carbocycles. The molecule has 6 heteroatoms. The maximum atomic E-state index is 12.8. The van der Waals surface area contributed by atoms with Crippen LogP contribution in [0, 0.1) is 17.2 Å². The highest BCUT2D eigenvalue weighted by Gasteiger charge is 2.39. The van der Waals surface area contributed by atoms with Crippen molar-refractivity contribution in [1.82, 2.24) is 4.90 Å². The normalized spacial score (nSPS) is 26.0. The van der Waals surface area contributed by atoms with Crippen LogP contribution in [0.1, 0.15) is 37.7 Å². The molecule has 2 saturated heterocycles. The molecule has 3 heterocycles. The van der Waals surface area contributed by atoms with Crippen molar-refractivity contribution in [1.29, 1.82) is 5.26 Å².